The van der Waals surface area contributed by atoms with E-state index in [-0.39, 0.29) is 23.8 Å². The second-order valence-corrected chi connectivity index (χ2v) is 11.1. The van der Waals surface area contributed by atoms with E-state index in [2.05, 4.69) is 22.0 Å². The minimum absolute atomic E-state index is 0.244. The highest BCUT2D eigenvalue weighted by atomic mass is 32.2. The minimum Gasteiger partial charge on any atom is -0.337 e. The molecule has 0 saturated carbocycles. The molecule has 1 saturated heterocycles. The van der Waals surface area contributed by atoms with Crippen molar-refractivity contribution in [2.75, 3.05) is 31.1 Å². The molecule has 0 N–H and O–H groups in total. The number of aryl methyl sites for hydroxylation is 1. The zero-order chi connectivity index (χ0) is 26.9. The lowest BCUT2D eigenvalue weighted by atomic mass is 10.1. The Kier molecular flexibility index (Phi) is 7.10. The van der Waals surface area contributed by atoms with Crippen molar-refractivity contribution >= 4 is 21.7 Å². The van der Waals surface area contributed by atoms with Crippen LogP contribution in [0.25, 0.3) is 17.0 Å². The van der Waals surface area contributed by atoms with Crippen LogP contribution >= 0.6 is 0 Å². The van der Waals surface area contributed by atoms with Gasteiger partial charge in [0.05, 0.1) is 16.2 Å². The van der Waals surface area contributed by atoms with Gasteiger partial charge in [-0.15, -0.1) is 5.10 Å². The molecule has 200 valence electrons. The van der Waals surface area contributed by atoms with Gasteiger partial charge in [0, 0.05) is 37.9 Å². The van der Waals surface area contributed by atoms with E-state index < -0.39 is 21.8 Å². The largest absolute Gasteiger partial charge is 0.416 e. The van der Waals surface area contributed by atoms with Gasteiger partial charge in [-0.05, 0) is 48.7 Å². The summed E-state index contributed by atoms with van der Waals surface area (Å²) in [4.78, 5) is 10.8. The average Bonchev–Trinajstić information content (AvgIpc) is 3.36. The Balaban J connectivity index is 1.33. The van der Waals surface area contributed by atoms with Crippen LogP contribution in [0.2, 0.25) is 0 Å². The summed E-state index contributed by atoms with van der Waals surface area (Å²) < 4.78 is 68.9. The molecule has 0 aliphatic carbocycles. The summed E-state index contributed by atoms with van der Waals surface area (Å²) in [5.41, 5.74) is 1.11. The minimum atomic E-state index is -4.47. The smallest absolute Gasteiger partial charge is 0.337 e. The van der Waals surface area contributed by atoms with Gasteiger partial charge >= 0.3 is 6.18 Å². The summed E-state index contributed by atoms with van der Waals surface area (Å²) in [5, 5.41) is 4.50. The summed E-state index contributed by atoms with van der Waals surface area (Å²) in [6.45, 7) is 3.35. The van der Waals surface area contributed by atoms with Crippen molar-refractivity contribution in [1.82, 2.24) is 23.9 Å². The molecule has 12 heteroatoms. The lowest BCUT2D eigenvalue weighted by Crippen LogP contribution is -2.49. The molecule has 8 nitrogen and oxygen atoms in total. The lowest BCUT2D eigenvalue weighted by molar-refractivity contribution is -0.137. The van der Waals surface area contributed by atoms with Crippen molar-refractivity contribution in [2.45, 2.75) is 37.3 Å². The molecule has 5 rings (SSSR count). The fourth-order valence-corrected chi connectivity index (χ4v) is 5.90. The van der Waals surface area contributed by atoms with Gasteiger partial charge in [0.25, 0.3) is 5.78 Å². The van der Waals surface area contributed by atoms with E-state index in [0.717, 1.165) is 37.0 Å². The molecule has 38 heavy (non-hydrogen) atoms. The number of hydrogen-bond donors (Lipinski definition) is 0. The third kappa shape index (κ3) is 5.23. The van der Waals surface area contributed by atoms with Crippen LogP contribution in [0.1, 0.15) is 30.9 Å². The maximum atomic E-state index is 13.2. The van der Waals surface area contributed by atoms with Crippen molar-refractivity contribution in [3.63, 3.8) is 0 Å². The molecule has 0 spiro atoms. The van der Waals surface area contributed by atoms with E-state index in [4.69, 9.17) is 0 Å². The standard InChI is InChI=1S/C26H27F3N6O2S/c1-2-3-5-19-8-10-22(11-9-19)38(36,37)34-16-14-33(15-17-34)25-31-24-30-13-12-23(35(24)32-25)20-6-4-7-21(18-20)26(27,28)29/h4,6-13,18H,2-3,5,14-17H2,1H3. The Morgan fingerprint density at radius 3 is 2.39 bits per heavy atom. The maximum absolute atomic E-state index is 13.2. The molecule has 1 aliphatic rings. The number of piperazine rings is 1. The van der Waals surface area contributed by atoms with Crippen molar-refractivity contribution in [3.05, 3.63) is 71.9 Å². The highest BCUT2D eigenvalue weighted by Gasteiger charge is 2.31. The van der Waals surface area contributed by atoms with Gasteiger partial charge in [-0.1, -0.05) is 37.6 Å². The van der Waals surface area contributed by atoms with Gasteiger partial charge in [0.2, 0.25) is 16.0 Å². The summed E-state index contributed by atoms with van der Waals surface area (Å²) in [6.07, 6.45) is 0.0658. The molecule has 0 atom stereocenters. The van der Waals surface area contributed by atoms with E-state index in [0.29, 0.717) is 30.3 Å². The number of rotatable bonds is 7. The molecule has 2 aromatic heterocycles. The summed E-state index contributed by atoms with van der Waals surface area (Å²) in [7, 11) is -3.63. The number of unbranched alkanes of at least 4 members (excludes halogenated alkanes) is 1. The predicted octanol–water partition coefficient (Wildman–Crippen LogP) is 4.66. The van der Waals surface area contributed by atoms with Gasteiger partial charge < -0.3 is 4.90 Å². The molecule has 2 aromatic carbocycles. The quantitative estimate of drug-likeness (QED) is 0.337. The fraction of sp³-hybridized carbons (Fsp3) is 0.346. The average molecular weight is 545 g/mol. The number of hydrogen-bond acceptors (Lipinski definition) is 6. The second kappa shape index (κ2) is 10.3. The molecular weight excluding hydrogens is 517 g/mol. The van der Waals surface area contributed by atoms with Crippen LogP contribution in [-0.2, 0) is 22.6 Å². The molecular formula is C26H27F3N6O2S. The van der Waals surface area contributed by atoms with Crippen molar-refractivity contribution in [2.24, 2.45) is 0 Å². The zero-order valence-corrected chi connectivity index (χ0v) is 21.6. The molecule has 0 radical (unpaired) electrons. The monoisotopic (exact) mass is 544 g/mol. The number of alkyl halides is 3. The Bertz CT molecular complexity index is 1530. The highest BCUT2D eigenvalue weighted by molar-refractivity contribution is 7.89. The topological polar surface area (TPSA) is 83.7 Å². The van der Waals surface area contributed by atoms with Gasteiger partial charge in [0.15, 0.2) is 0 Å². The van der Waals surface area contributed by atoms with Gasteiger partial charge in [-0.3, -0.25) is 0 Å². The van der Waals surface area contributed by atoms with Crippen LogP contribution in [0.3, 0.4) is 0 Å². The van der Waals surface area contributed by atoms with Crippen molar-refractivity contribution in [1.29, 1.82) is 0 Å². The number of sulfonamides is 1. The summed E-state index contributed by atoms with van der Waals surface area (Å²) in [6, 6.07) is 13.7. The van der Waals surface area contributed by atoms with Crippen molar-refractivity contribution in [3.8, 4) is 11.3 Å². The number of halogens is 3. The molecule has 4 aromatic rings. The molecule has 1 fully saturated rings. The zero-order valence-electron chi connectivity index (χ0n) is 20.8. The number of anilines is 1. The summed E-state index contributed by atoms with van der Waals surface area (Å²) in [5.74, 6) is 0.586. The second-order valence-electron chi connectivity index (χ2n) is 9.17. The first-order valence-electron chi connectivity index (χ1n) is 12.4. The Hall–Kier alpha value is -3.51. The molecule has 0 amide bonds. The predicted molar refractivity (Wildman–Crippen MR) is 137 cm³/mol. The van der Waals surface area contributed by atoms with Crippen LogP contribution in [0.5, 0.6) is 0 Å². The van der Waals surface area contributed by atoms with Crippen molar-refractivity contribution < 1.29 is 21.6 Å². The first kappa shape index (κ1) is 26.1. The van der Waals surface area contributed by atoms with E-state index >= 15 is 0 Å². The lowest BCUT2D eigenvalue weighted by Gasteiger charge is -2.33. The van der Waals surface area contributed by atoms with Crippen LogP contribution < -0.4 is 4.90 Å². The summed E-state index contributed by atoms with van der Waals surface area (Å²) >= 11 is 0. The highest BCUT2D eigenvalue weighted by Crippen LogP contribution is 2.32. The van der Waals surface area contributed by atoms with E-state index in [1.165, 1.54) is 21.1 Å². The fourth-order valence-electron chi connectivity index (χ4n) is 4.48. The van der Waals surface area contributed by atoms with Gasteiger partial charge in [0.1, 0.15) is 0 Å². The van der Waals surface area contributed by atoms with Gasteiger partial charge in [-0.25, -0.2) is 13.4 Å². The van der Waals surface area contributed by atoms with Crippen LogP contribution in [0.15, 0.2) is 65.7 Å². The third-order valence-corrected chi connectivity index (χ3v) is 8.53. The first-order chi connectivity index (χ1) is 18.2. The Labute approximate surface area is 218 Å². The number of nitrogens with zero attached hydrogens (tertiary/aromatic N) is 6. The number of fused-ring (bicyclic) bond motifs is 1. The van der Waals surface area contributed by atoms with Crippen LogP contribution in [0, 0.1) is 0 Å². The number of aromatic nitrogens is 4. The van der Waals surface area contributed by atoms with Crippen LogP contribution in [0.4, 0.5) is 19.1 Å². The maximum Gasteiger partial charge on any atom is 0.416 e. The molecule has 3 heterocycles. The number of benzene rings is 2. The van der Waals surface area contributed by atoms with Gasteiger partial charge in [-0.2, -0.15) is 27.0 Å². The van der Waals surface area contributed by atoms with Crippen LogP contribution in [-0.4, -0.2) is 58.5 Å². The van der Waals surface area contributed by atoms with E-state index in [1.807, 2.05) is 17.0 Å². The Morgan fingerprint density at radius 1 is 0.974 bits per heavy atom. The SMILES string of the molecule is CCCCc1ccc(S(=O)(=O)N2CCN(c3nc4nccc(-c5cccc(C(F)(F)F)c5)n4n3)CC2)cc1. The van der Waals surface area contributed by atoms with E-state index in [1.54, 1.807) is 24.3 Å². The molecule has 0 bridgehead atoms. The molecule has 0 unspecified atom stereocenters. The Morgan fingerprint density at radius 2 is 1.71 bits per heavy atom. The first-order valence-corrected chi connectivity index (χ1v) is 13.8. The van der Waals surface area contributed by atoms with E-state index in [9.17, 15) is 21.6 Å². The molecule has 1 aliphatic heterocycles. The normalized spacial score (nSPS) is 15.3. The third-order valence-electron chi connectivity index (χ3n) is 6.62.